The van der Waals surface area contributed by atoms with E-state index in [0.29, 0.717) is 5.56 Å². The van der Waals surface area contributed by atoms with Gasteiger partial charge >= 0.3 is 0 Å². The van der Waals surface area contributed by atoms with Crippen LogP contribution >= 0.6 is 0 Å². The van der Waals surface area contributed by atoms with Crippen molar-refractivity contribution in [2.24, 2.45) is 5.73 Å². The Balaban J connectivity index is 3.02. The van der Waals surface area contributed by atoms with E-state index in [9.17, 15) is 9.18 Å². The van der Waals surface area contributed by atoms with Gasteiger partial charge in [0.25, 0.3) is 0 Å². The molecule has 0 spiro atoms. The van der Waals surface area contributed by atoms with Crippen LogP contribution in [-0.2, 0) is 4.79 Å². The third-order valence-corrected chi connectivity index (χ3v) is 2.29. The Morgan fingerprint density at radius 3 is 2.53 bits per heavy atom. The molecule has 94 valence electrons. The van der Waals surface area contributed by atoms with Gasteiger partial charge in [-0.05, 0) is 31.5 Å². The molecule has 5 heteroatoms. The number of carbonyl (C=O) groups excluding carboxylic acids is 1. The molecular formula is C12H17FN2O2. The fourth-order valence-corrected chi connectivity index (χ4v) is 1.54. The number of amides is 1. The molecule has 1 unspecified atom stereocenters. The molecule has 0 aromatic heterocycles. The van der Waals surface area contributed by atoms with Crippen LogP contribution in [0, 0.1) is 5.82 Å². The summed E-state index contributed by atoms with van der Waals surface area (Å²) in [5, 5.41) is 2.98. The summed E-state index contributed by atoms with van der Waals surface area (Å²) >= 11 is 0. The number of methoxy groups -OCH3 is 1. The fraction of sp³-hybridized carbons (Fsp3) is 0.417. The number of hydrogen-bond donors (Lipinski definition) is 2. The molecule has 0 saturated carbocycles. The van der Waals surface area contributed by atoms with Crippen molar-refractivity contribution in [3.63, 3.8) is 0 Å². The highest BCUT2D eigenvalue weighted by Gasteiger charge is 2.19. The largest absolute Gasteiger partial charge is 0.494 e. The van der Waals surface area contributed by atoms with E-state index in [0.717, 1.165) is 0 Å². The van der Waals surface area contributed by atoms with Gasteiger partial charge in [-0.1, -0.05) is 6.07 Å². The summed E-state index contributed by atoms with van der Waals surface area (Å²) < 4.78 is 18.3. The zero-order valence-corrected chi connectivity index (χ0v) is 10.2. The van der Waals surface area contributed by atoms with Crippen LogP contribution in [0.2, 0.25) is 0 Å². The molecule has 0 radical (unpaired) electrons. The van der Waals surface area contributed by atoms with Crippen molar-refractivity contribution < 1.29 is 13.9 Å². The second-order valence-electron chi connectivity index (χ2n) is 4.05. The van der Waals surface area contributed by atoms with Crippen LogP contribution in [0.3, 0.4) is 0 Å². The third-order valence-electron chi connectivity index (χ3n) is 2.29. The molecule has 0 bridgehead atoms. The van der Waals surface area contributed by atoms with Gasteiger partial charge in [-0.2, -0.15) is 0 Å². The normalized spacial score (nSPS) is 12.5. The van der Waals surface area contributed by atoms with Crippen molar-refractivity contribution in [3.05, 3.63) is 29.6 Å². The maximum Gasteiger partial charge on any atom is 0.239 e. The number of benzene rings is 1. The highest BCUT2D eigenvalue weighted by molar-refractivity contribution is 5.81. The molecular weight excluding hydrogens is 223 g/mol. The summed E-state index contributed by atoms with van der Waals surface area (Å²) in [6, 6.07) is 3.71. The topological polar surface area (TPSA) is 64.3 Å². The van der Waals surface area contributed by atoms with Crippen molar-refractivity contribution >= 4 is 5.91 Å². The van der Waals surface area contributed by atoms with Crippen molar-refractivity contribution in [1.82, 2.24) is 5.32 Å². The average molecular weight is 240 g/mol. The van der Waals surface area contributed by atoms with E-state index in [1.807, 2.05) is 13.8 Å². The summed E-state index contributed by atoms with van der Waals surface area (Å²) in [7, 11) is 1.38. The van der Waals surface area contributed by atoms with E-state index in [-0.39, 0.29) is 11.8 Å². The fourth-order valence-electron chi connectivity index (χ4n) is 1.54. The number of hydrogen-bond acceptors (Lipinski definition) is 3. The van der Waals surface area contributed by atoms with Crippen LogP contribution in [0.25, 0.3) is 0 Å². The molecule has 1 aromatic rings. The molecule has 1 rings (SSSR count). The lowest BCUT2D eigenvalue weighted by Crippen LogP contribution is -2.37. The number of nitrogens with two attached hydrogens (primary N) is 1. The van der Waals surface area contributed by atoms with Gasteiger partial charge in [0.2, 0.25) is 5.91 Å². The highest BCUT2D eigenvalue weighted by Crippen LogP contribution is 2.22. The van der Waals surface area contributed by atoms with E-state index in [2.05, 4.69) is 5.32 Å². The van der Waals surface area contributed by atoms with Gasteiger partial charge in [0.05, 0.1) is 7.11 Å². The molecule has 0 fully saturated rings. The van der Waals surface area contributed by atoms with Gasteiger partial charge in [0.1, 0.15) is 6.04 Å². The van der Waals surface area contributed by atoms with E-state index < -0.39 is 17.8 Å². The lowest BCUT2D eigenvalue weighted by molar-refractivity contribution is -0.120. The SMILES string of the molecule is COc1ccc(C(NC(C)C)C(N)=O)cc1F. The van der Waals surface area contributed by atoms with Crippen molar-refractivity contribution in [2.75, 3.05) is 7.11 Å². The number of halogens is 1. The summed E-state index contributed by atoms with van der Waals surface area (Å²) in [5.74, 6) is -0.911. The van der Waals surface area contributed by atoms with Crippen LogP contribution in [0.1, 0.15) is 25.5 Å². The Morgan fingerprint density at radius 2 is 2.12 bits per heavy atom. The first-order valence-corrected chi connectivity index (χ1v) is 5.34. The Morgan fingerprint density at radius 1 is 1.47 bits per heavy atom. The maximum absolute atomic E-state index is 13.5. The summed E-state index contributed by atoms with van der Waals surface area (Å²) in [5.41, 5.74) is 5.77. The first-order chi connectivity index (χ1) is 7.95. The molecule has 1 aromatic carbocycles. The molecule has 0 aliphatic rings. The van der Waals surface area contributed by atoms with Crippen LogP contribution in [-0.4, -0.2) is 19.1 Å². The first-order valence-electron chi connectivity index (χ1n) is 5.34. The number of carbonyl (C=O) groups is 1. The van der Waals surface area contributed by atoms with E-state index >= 15 is 0 Å². The summed E-state index contributed by atoms with van der Waals surface area (Å²) in [6.45, 7) is 3.77. The predicted octanol–water partition coefficient (Wildman–Crippen LogP) is 1.36. The van der Waals surface area contributed by atoms with Crippen molar-refractivity contribution in [3.8, 4) is 5.75 Å². The van der Waals surface area contributed by atoms with Gasteiger partial charge in [0, 0.05) is 6.04 Å². The monoisotopic (exact) mass is 240 g/mol. The van der Waals surface area contributed by atoms with Gasteiger partial charge in [-0.25, -0.2) is 4.39 Å². The van der Waals surface area contributed by atoms with Crippen LogP contribution < -0.4 is 15.8 Å². The van der Waals surface area contributed by atoms with Gasteiger partial charge in [-0.3, -0.25) is 10.1 Å². The molecule has 1 amide bonds. The minimum Gasteiger partial charge on any atom is -0.494 e. The second kappa shape index (κ2) is 5.63. The number of ether oxygens (including phenoxy) is 1. The standard InChI is InChI=1S/C12H17FN2O2/c1-7(2)15-11(12(14)16)8-4-5-10(17-3)9(13)6-8/h4-7,11,15H,1-3H3,(H2,14,16). The molecule has 4 nitrogen and oxygen atoms in total. The molecule has 3 N–H and O–H groups in total. The quantitative estimate of drug-likeness (QED) is 0.816. The van der Waals surface area contributed by atoms with Crippen LogP contribution in [0.4, 0.5) is 4.39 Å². The number of nitrogens with one attached hydrogen (secondary N) is 1. The lowest BCUT2D eigenvalue weighted by Gasteiger charge is -2.19. The molecule has 1 atom stereocenters. The summed E-state index contributed by atoms with van der Waals surface area (Å²) in [6.07, 6.45) is 0. The van der Waals surface area contributed by atoms with Crippen molar-refractivity contribution in [1.29, 1.82) is 0 Å². The minimum absolute atomic E-state index is 0.0673. The average Bonchev–Trinajstić information content (AvgIpc) is 2.25. The first kappa shape index (κ1) is 13.4. The maximum atomic E-state index is 13.5. The molecule has 0 saturated heterocycles. The smallest absolute Gasteiger partial charge is 0.239 e. The lowest BCUT2D eigenvalue weighted by atomic mass is 10.1. The Labute approximate surface area is 100.0 Å². The Bertz CT molecular complexity index is 407. The van der Waals surface area contributed by atoms with Gasteiger partial charge in [0.15, 0.2) is 11.6 Å². The second-order valence-corrected chi connectivity index (χ2v) is 4.05. The predicted molar refractivity (Wildman–Crippen MR) is 63.2 cm³/mol. The Hall–Kier alpha value is -1.62. The number of rotatable bonds is 5. The molecule has 17 heavy (non-hydrogen) atoms. The van der Waals surface area contributed by atoms with E-state index in [4.69, 9.17) is 10.5 Å². The summed E-state index contributed by atoms with van der Waals surface area (Å²) in [4.78, 5) is 11.3. The number of primary amides is 1. The van der Waals surface area contributed by atoms with Crippen LogP contribution in [0.15, 0.2) is 18.2 Å². The third kappa shape index (κ3) is 3.42. The van der Waals surface area contributed by atoms with Crippen LogP contribution in [0.5, 0.6) is 5.75 Å². The molecule has 0 aliphatic carbocycles. The van der Waals surface area contributed by atoms with Crippen molar-refractivity contribution in [2.45, 2.75) is 25.9 Å². The van der Waals surface area contributed by atoms with Gasteiger partial charge < -0.3 is 10.5 Å². The minimum atomic E-state index is -0.699. The Kier molecular flexibility index (Phi) is 4.45. The molecule has 0 aliphatic heterocycles. The van der Waals surface area contributed by atoms with E-state index in [1.54, 1.807) is 6.07 Å². The highest BCUT2D eigenvalue weighted by atomic mass is 19.1. The molecule has 0 heterocycles. The van der Waals surface area contributed by atoms with Gasteiger partial charge in [-0.15, -0.1) is 0 Å². The zero-order valence-electron chi connectivity index (χ0n) is 10.2. The van der Waals surface area contributed by atoms with E-state index in [1.165, 1.54) is 19.2 Å². The zero-order chi connectivity index (χ0) is 13.0.